The standard InChI is InChI=1S/C12H9BrF3NO/c13-11-6-5-8(18-11)7-17-10-4-2-1-3-9(10)12(14,15)16/h1-6,17H,7H2. The van der Waals surface area contributed by atoms with E-state index in [4.69, 9.17) is 4.42 Å². The summed E-state index contributed by atoms with van der Waals surface area (Å²) in [4.78, 5) is 0. The van der Waals surface area contributed by atoms with Crippen LogP contribution >= 0.6 is 15.9 Å². The Kier molecular flexibility index (Phi) is 3.65. The summed E-state index contributed by atoms with van der Waals surface area (Å²) in [5.74, 6) is 0.554. The summed E-state index contributed by atoms with van der Waals surface area (Å²) in [5, 5.41) is 2.71. The number of alkyl halides is 3. The van der Waals surface area contributed by atoms with Crippen molar-refractivity contribution in [3.63, 3.8) is 0 Å². The Hall–Kier alpha value is -1.43. The van der Waals surface area contributed by atoms with Gasteiger partial charge < -0.3 is 9.73 Å². The van der Waals surface area contributed by atoms with Crippen molar-refractivity contribution < 1.29 is 17.6 Å². The topological polar surface area (TPSA) is 25.2 Å². The molecule has 2 aromatic rings. The van der Waals surface area contributed by atoms with E-state index in [0.29, 0.717) is 10.4 Å². The van der Waals surface area contributed by atoms with Gasteiger partial charge >= 0.3 is 6.18 Å². The van der Waals surface area contributed by atoms with Crippen LogP contribution in [0.5, 0.6) is 0 Å². The average Bonchev–Trinajstić information content (AvgIpc) is 2.72. The lowest BCUT2D eigenvalue weighted by atomic mass is 10.1. The molecule has 0 unspecified atom stereocenters. The van der Waals surface area contributed by atoms with Crippen molar-refractivity contribution in [3.8, 4) is 0 Å². The number of para-hydroxylation sites is 1. The highest BCUT2D eigenvalue weighted by Crippen LogP contribution is 2.34. The fourth-order valence-corrected chi connectivity index (χ4v) is 1.85. The number of halogens is 4. The zero-order chi connectivity index (χ0) is 13.2. The van der Waals surface area contributed by atoms with Crippen LogP contribution in [0.1, 0.15) is 11.3 Å². The molecule has 0 amide bonds. The molecular weight excluding hydrogens is 311 g/mol. The summed E-state index contributed by atoms with van der Waals surface area (Å²) in [6, 6.07) is 8.72. The maximum Gasteiger partial charge on any atom is 0.418 e. The van der Waals surface area contributed by atoms with Gasteiger partial charge in [0.05, 0.1) is 12.1 Å². The van der Waals surface area contributed by atoms with Crippen molar-refractivity contribution in [2.45, 2.75) is 12.7 Å². The van der Waals surface area contributed by atoms with Crippen LogP contribution < -0.4 is 5.32 Å². The quantitative estimate of drug-likeness (QED) is 0.889. The summed E-state index contributed by atoms with van der Waals surface area (Å²) in [6.45, 7) is 0.193. The minimum absolute atomic E-state index is 0.0394. The minimum atomic E-state index is -4.37. The van der Waals surface area contributed by atoms with Crippen LogP contribution in [0, 0.1) is 0 Å². The first-order chi connectivity index (χ1) is 8.47. The normalized spacial score (nSPS) is 11.6. The van der Waals surface area contributed by atoms with Crippen LogP contribution in [-0.4, -0.2) is 0 Å². The highest BCUT2D eigenvalue weighted by Gasteiger charge is 2.33. The molecule has 0 saturated heterocycles. The number of hydrogen-bond donors (Lipinski definition) is 1. The van der Waals surface area contributed by atoms with Crippen molar-refractivity contribution in [1.29, 1.82) is 0 Å². The van der Waals surface area contributed by atoms with Gasteiger partial charge in [0, 0.05) is 5.69 Å². The molecule has 1 N–H and O–H groups in total. The van der Waals surface area contributed by atoms with E-state index < -0.39 is 11.7 Å². The number of nitrogens with one attached hydrogen (secondary N) is 1. The summed E-state index contributed by atoms with van der Waals surface area (Å²) in [6.07, 6.45) is -4.37. The van der Waals surface area contributed by atoms with Crippen molar-refractivity contribution in [3.05, 3.63) is 52.4 Å². The third kappa shape index (κ3) is 3.07. The zero-order valence-corrected chi connectivity index (χ0v) is 10.7. The molecule has 0 aliphatic rings. The maximum absolute atomic E-state index is 12.7. The van der Waals surface area contributed by atoms with Crippen molar-refractivity contribution in [2.24, 2.45) is 0 Å². The fourth-order valence-electron chi connectivity index (χ4n) is 1.51. The molecule has 96 valence electrons. The Labute approximate surface area is 110 Å². The monoisotopic (exact) mass is 319 g/mol. The molecule has 0 fully saturated rings. The van der Waals surface area contributed by atoms with Crippen LogP contribution in [-0.2, 0) is 12.7 Å². The number of hydrogen-bond acceptors (Lipinski definition) is 2. The van der Waals surface area contributed by atoms with E-state index >= 15 is 0 Å². The lowest BCUT2D eigenvalue weighted by Crippen LogP contribution is -2.10. The Balaban J connectivity index is 2.14. The van der Waals surface area contributed by atoms with Gasteiger partial charge in [-0.15, -0.1) is 0 Å². The Morgan fingerprint density at radius 3 is 2.44 bits per heavy atom. The predicted molar refractivity (Wildman–Crippen MR) is 65.2 cm³/mol. The average molecular weight is 320 g/mol. The predicted octanol–water partition coefficient (Wildman–Crippen LogP) is 4.67. The molecule has 0 aliphatic carbocycles. The highest BCUT2D eigenvalue weighted by molar-refractivity contribution is 9.10. The molecule has 1 aromatic carbocycles. The van der Waals surface area contributed by atoms with Crippen LogP contribution in [0.15, 0.2) is 45.5 Å². The summed E-state index contributed by atoms with van der Waals surface area (Å²) < 4.78 is 43.9. The number of rotatable bonds is 3. The van der Waals surface area contributed by atoms with Gasteiger partial charge in [0.15, 0.2) is 4.67 Å². The molecule has 2 rings (SSSR count). The van der Waals surface area contributed by atoms with Crippen molar-refractivity contribution in [2.75, 3.05) is 5.32 Å². The van der Waals surface area contributed by atoms with Crippen molar-refractivity contribution in [1.82, 2.24) is 0 Å². The van der Waals surface area contributed by atoms with E-state index in [-0.39, 0.29) is 12.2 Å². The molecule has 0 bridgehead atoms. The molecule has 1 aromatic heterocycles. The van der Waals surface area contributed by atoms with E-state index in [0.717, 1.165) is 6.07 Å². The van der Waals surface area contributed by atoms with E-state index in [1.165, 1.54) is 12.1 Å². The number of anilines is 1. The van der Waals surface area contributed by atoms with Gasteiger partial charge in [0.25, 0.3) is 0 Å². The summed E-state index contributed by atoms with van der Waals surface area (Å²) >= 11 is 3.13. The SMILES string of the molecule is FC(F)(F)c1ccccc1NCc1ccc(Br)o1. The van der Waals surface area contributed by atoms with Gasteiger partial charge in [0.2, 0.25) is 0 Å². The lowest BCUT2D eigenvalue weighted by Gasteiger charge is -2.13. The van der Waals surface area contributed by atoms with Crippen LogP contribution in [0.4, 0.5) is 18.9 Å². The minimum Gasteiger partial charge on any atom is -0.452 e. The van der Waals surface area contributed by atoms with E-state index in [1.807, 2.05) is 0 Å². The fraction of sp³-hybridized carbons (Fsp3) is 0.167. The Morgan fingerprint density at radius 1 is 1.11 bits per heavy atom. The van der Waals surface area contributed by atoms with Gasteiger partial charge in [0.1, 0.15) is 5.76 Å². The van der Waals surface area contributed by atoms with Crippen LogP contribution in [0.3, 0.4) is 0 Å². The molecule has 2 nitrogen and oxygen atoms in total. The van der Waals surface area contributed by atoms with Gasteiger partial charge in [-0.1, -0.05) is 12.1 Å². The Morgan fingerprint density at radius 2 is 1.83 bits per heavy atom. The van der Waals surface area contributed by atoms with Crippen molar-refractivity contribution >= 4 is 21.6 Å². The first kappa shape index (κ1) is 13.0. The molecule has 0 atom stereocenters. The van der Waals surface area contributed by atoms with Gasteiger partial charge in [-0.2, -0.15) is 13.2 Å². The molecule has 18 heavy (non-hydrogen) atoms. The highest BCUT2D eigenvalue weighted by atomic mass is 79.9. The van der Waals surface area contributed by atoms with E-state index in [1.54, 1.807) is 18.2 Å². The molecule has 0 radical (unpaired) electrons. The van der Waals surface area contributed by atoms with Gasteiger partial charge in [-0.05, 0) is 40.2 Å². The zero-order valence-electron chi connectivity index (χ0n) is 9.09. The second-order valence-corrected chi connectivity index (χ2v) is 4.38. The maximum atomic E-state index is 12.7. The van der Waals surface area contributed by atoms with Gasteiger partial charge in [-0.25, -0.2) is 0 Å². The lowest BCUT2D eigenvalue weighted by molar-refractivity contribution is -0.137. The van der Waals surface area contributed by atoms with Crippen LogP contribution in [0.2, 0.25) is 0 Å². The van der Waals surface area contributed by atoms with E-state index in [2.05, 4.69) is 21.2 Å². The Bertz CT molecular complexity index is 536. The number of furan rings is 1. The third-order valence-corrected chi connectivity index (χ3v) is 2.74. The first-order valence-electron chi connectivity index (χ1n) is 5.11. The van der Waals surface area contributed by atoms with Crippen LogP contribution in [0.25, 0.3) is 0 Å². The molecule has 1 heterocycles. The first-order valence-corrected chi connectivity index (χ1v) is 5.90. The second kappa shape index (κ2) is 5.06. The number of benzene rings is 1. The van der Waals surface area contributed by atoms with Gasteiger partial charge in [-0.3, -0.25) is 0 Å². The van der Waals surface area contributed by atoms with E-state index in [9.17, 15) is 13.2 Å². The second-order valence-electron chi connectivity index (χ2n) is 3.60. The molecule has 0 saturated carbocycles. The summed E-state index contributed by atoms with van der Waals surface area (Å²) in [5.41, 5.74) is -0.645. The molecule has 0 spiro atoms. The smallest absolute Gasteiger partial charge is 0.418 e. The summed E-state index contributed by atoms with van der Waals surface area (Å²) in [7, 11) is 0. The molecule has 0 aliphatic heterocycles. The molecule has 6 heteroatoms. The third-order valence-electron chi connectivity index (χ3n) is 2.31. The molecular formula is C12H9BrF3NO. The largest absolute Gasteiger partial charge is 0.452 e.